The van der Waals surface area contributed by atoms with E-state index in [1.165, 1.54) is 4.31 Å². The van der Waals surface area contributed by atoms with Gasteiger partial charge in [-0.15, -0.1) is 0 Å². The molecule has 1 atom stereocenters. The number of sulfonamides is 1. The smallest absolute Gasteiger partial charge is 0.252 e. The molecule has 0 spiro atoms. The van der Waals surface area contributed by atoms with E-state index < -0.39 is 16.1 Å². The van der Waals surface area contributed by atoms with Crippen LogP contribution in [0.4, 0.5) is 0 Å². The lowest BCUT2D eigenvalue weighted by Crippen LogP contribution is -2.38. The van der Waals surface area contributed by atoms with Crippen LogP contribution in [0.5, 0.6) is 0 Å². The molecule has 38 heavy (non-hydrogen) atoms. The third kappa shape index (κ3) is 4.28. The van der Waals surface area contributed by atoms with Gasteiger partial charge in [-0.05, 0) is 30.2 Å². The van der Waals surface area contributed by atoms with Crippen LogP contribution in [0.15, 0.2) is 131 Å². The Hall–Kier alpha value is -4.91. The predicted molar refractivity (Wildman–Crippen MR) is 147 cm³/mol. The number of nitriles is 2. The lowest BCUT2D eigenvalue weighted by atomic mass is 9.82. The molecule has 0 saturated heterocycles. The van der Waals surface area contributed by atoms with Crippen molar-refractivity contribution in [3.8, 4) is 12.1 Å². The highest BCUT2D eigenvalue weighted by molar-refractivity contribution is 7.89. The van der Waals surface area contributed by atoms with Crippen LogP contribution in [0.2, 0.25) is 0 Å². The summed E-state index contributed by atoms with van der Waals surface area (Å²) in [7, 11) is -4.23. The molecular formula is C32H23N3O2S. The molecule has 1 unspecified atom stereocenters. The number of hydrogen-bond acceptors (Lipinski definition) is 4. The van der Waals surface area contributed by atoms with Gasteiger partial charge in [0, 0.05) is 11.1 Å². The Labute approximate surface area is 222 Å². The zero-order valence-electron chi connectivity index (χ0n) is 20.6. The first kappa shape index (κ1) is 24.8. The van der Waals surface area contributed by atoms with Gasteiger partial charge in [-0.1, -0.05) is 109 Å². The molecule has 1 heterocycles. The fourth-order valence-corrected chi connectivity index (χ4v) is 6.41. The number of rotatable bonds is 5. The van der Waals surface area contributed by atoms with E-state index in [4.69, 9.17) is 0 Å². The summed E-state index contributed by atoms with van der Waals surface area (Å²) in [6.07, 6.45) is 0. The van der Waals surface area contributed by atoms with Gasteiger partial charge in [0.1, 0.15) is 12.1 Å². The molecule has 0 N–H and O–H groups in total. The first-order chi connectivity index (χ1) is 18.5. The van der Waals surface area contributed by atoms with Crippen molar-refractivity contribution in [2.24, 2.45) is 0 Å². The normalized spacial score (nSPS) is 15.7. The molecule has 0 amide bonds. The van der Waals surface area contributed by atoms with Crippen molar-refractivity contribution in [2.75, 3.05) is 0 Å². The summed E-state index contributed by atoms with van der Waals surface area (Å²) in [6, 6.07) is 37.4. The van der Waals surface area contributed by atoms with Crippen LogP contribution in [0.1, 0.15) is 28.3 Å². The topological polar surface area (TPSA) is 85.0 Å². The summed E-state index contributed by atoms with van der Waals surface area (Å²) in [5.41, 5.74) is 3.75. The van der Waals surface area contributed by atoms with Crippen LogP contribution >= 0.6 is 0 Å². The van der Waals surface area contributed by atoms with Gasteiger partial charge in [-0.2, -0.15) is 10.5 Å². The predicted octanol–water partition coefficient (Wildman–Crippen LogP) is 6.65. The highest BCUT2D eigenvalue weighted by atomic mass is 32.2. The van der Waals surface area contributed by atoms with E-state index >= 15 is 0 Å². The molecule has 1 aliphatic heterocycles. The van der Waals surface area contributed by atoms with Gasteiger partial charge in [0.25, 0.3) is 10.0 Å². The fraction of sp³-hybridized carbons (Fsp3) is 0.0625. The Bertz CT molecular complexity index is 1730. The maximum Gasteiger partial charge on any atom is 0.265 e. The summed E-state index contributed by atoms with van der Waals surface area (Å²) < 4.78 is 30.2. The van der Waals surface area contributed by atoms with E-state index in [9.17, 15) is 18.9 Å². The first-order valence-corrected chi connectivity index (χ1v) is 13.5. The van der Waals surface area contributed by atoms with Gasteiger partial charge in [0.2, 0.25) is 0 Å². The second-order valence-corrected chi connectivity index (χ2v) is 10.7. The molecule has 4 aromatic rings. The maximum atomic E-state index is 14.5. The second kappa shape index (κ2) is 10.2. The largest absolute Gasteiger partial charge is 0.265 e. The number of nitrogens with zero attached hydrogens (tertiary/aromatic N) is 3. The Morgan fingerprint density at radius 3 is 1.74 bits per heavy atom. The summed E-state index contributed by atoms with van der Waals surface area (Å²) in [6.45, 7) is 1.88. The van der Waals surface area contributed by atoms with Crippen molar-refractivity contribution in [3.63, 3.8) is 0 Å². The standard InChI is InChI=1S/C32H23N3O2S/c1-23-17-19-27(20-18-23)38(36,37)35-31(25-13-7-3-8-14-25)28(21-33)30(24-11-5-2-6-12-24)29(22-34)32(35)26-15-9-4-10-16-26/h2-20,31H,1H3. The molecule has 5 rings (SSSR count). The molecule has 0 aliphatic carbocycles. The molecular weight excluding hydrogens is 490 g/mol. The lowest BCUT2D eigenvalue weighted by Gasteiger charge is -2.39. The van der Waals surface area contributed by atoms with Gasteiger partial charge in [0.15, 0.2) is 0 Å². The summed E-state index contributed by atoms with van der Waals surface area (Å²) in [5, 5.41) is 21.1. The zero-order valence-corrected chi connectivity index (χ0v) is 21.4. The summed E-state index contributed by atoms with van der Waals surface area (Å²) in [4.78, 5) is 0.0789. The van der Waals surface area contributed by atoms with Crippen molar-refractivity contribution >= 4 is 21.3 Å². The minimum atomic E-state index is -4.23. The van der Waals surface area contributed by atoms with Crippen molar-refractivity contribution in [1.82, 2.24) is 4.31 Å². The fourth-order valence-electron chi connectivity index (χ4n) is 4.76. The van der Waals surface area contributed by atoms with E-state index in [0.717, 1.165) is 5.56 Å². The molecule has 6 heteroatoms. The van der Waals surface area contributed by atoms with Crippen LogP contribution < -0.4 is 0 Å². The van der Waals surface area contributed by atoms with E-state index in [1.807, 2.05) is 73.7 Å². The Balaban J connectivity index is 1.94. The molecule has 5 nitrogen and oxygen atoms in total. The van der Waals surface area contributed by atoms with Gasteiger partial charge in [-0.25, -0.2) is 8.42 Å². The van der Waals surface area contributed by atoms with Crippen molar-refractivity contribution in [2.45, 2.75) is 17.9 Å². The summed E-state index contributed by atoms with van der Waals surface area (Å²) >= 11 is 0. The quantitative estimate of drug-likeness (QED) is 0.299. The molecule has 0 bridgehead atoms. The number of benzene rings is 4. The molecule has 0 aromatic heterocycles. The zero-order chi connectivity index (χ0) is 26.7. The minimum Gasteiger partial charge on any atom is -0.252 e. The third-order valence-electron chi connectivity index (χ3n) is 6.52. The van der Waals surface area contributed by atoms with Crippen LogP contribution in [0, 0.1) is 29.6 Å². The second-order valence-electron chi connectivity index (χ2n) is 8.90. The Morgan fingerprint density at radius 1 is 0.684 bits per heavy atom. The number of allylic oxidation sites excluding steroid dienone is 2. The van der Waals surface area contributed by atoms with E-state index in [2.05, 4.69) is 12.1 Å². The monoisotopic (exact) mass is 513 g/mol. The Kier molecular flexibility index (Phi) is 6.66. The van der Waals surface area contributed by atoms with Gasteiger partial charge >= 0.3 is 0 Å². The Morgan fingerprint density at radius 2 is 1.21 bits per heavy atom. The minimum absolute atomic E-state index is 0.0789. The van der Waals surface area contributed by atoms with Crippen molar-refractivity contribution in [3.05, 3.63) is 149 Å². The summed E-state index contributed by atoms with van der Waals surface area (Å²) in [5.74, 6) is 0. The highest BCUT2D eigenvalue weighted by Crippen LogP contribution is 2.49. The molecule has 1 aliphatic rings. The molecule has 0 saturated carbocycles. The lowest BCUT2D eigenvalue weighted by molar-refractivity contribution is 0.461. The third-order valence-corrected chi connectivity index (χ3v) is 8.30. The van der Waals surface area contributed by atoms with Gasteiger partial charge < -0.3 is 0 Å². The van der Waals surface area contributed by atoms with E-state index in [1.54, 1.807) is 48.5 Å². The highest BCUT2D eigenvalue weighted by Gasteiger charge is 2.44. The maximum absolute atomic E-state index is 14.5. The van der Waals surface area contributed by atoms with Gasteiger partial charge in [0.05, 0.1) is 27.8 Å². The van der Waals surface area contributed by atoms with Crippen molar-refractivity contribution < 1.29 is 8.42 Å². The van der Waals surface area contributed by atoms with E-state index in [-0.39, 0.29) is 21.7 Å². The number of aryl methyl sites for hydroxylation is 1. The number of hydrogen-bond donors (Lipinski definition) is 0. The van der Waals surface area contributed by atoms with E-state index in [0.29, 0.717) is 22.3 Å². The average molecular weight is 514 g/mol. The molecule has 184 valence electrons. The average Bonchev–Trinajstić information content (AvgIpc) is 2.97. The first-order valence-electron chi connectivity index (χ1n) is 12.0. The van der Waals surface area contributed by atoms with Crippen LogP contribution in [0.25, 0.3) is 11.3 Å². The SMILES string of the molecule is Cc1ccc(S(=O)(=O)N2C(c3ccccc3)=C(C#N)C(c3ccccc3)=C(C#N)C2c2ccccc2)cc1. The van der Waals surface area contributed by atoms with Crippen LogP contribution in [-0.2, 0) is 10.0 Å². The molecule has 4 aromatic carbocycles. The van der Waals surface area contributed by atoms with Crippen LogP contribution in [0.3, 0.4) is 0 Å². The van der Waals surface area contributed by atoms with Gasteiger partial charge in [-0.3, -0.25) is 4.31 Å². The van der Waals surface area contributed by atoms with Crippen LogP contribution in [-0.4, -0.2) is 12.7 Å². The molecule has 0 fully saturated rings. The van der Waals surface area contributed by atoms with Crippen molar-refractivity contribution in [1.29, 1.82) is 10.5 Å². The molecule has 0 radical (unpaired) electrons.